The highest BCUT2D eigenvalue weighted by molar-refractivity contribution is 6.04. The first-order valence-corrected chi connectivity index (χ1v) is 14.2. The first-order valence-electron chi connectivity index (χ1n) is 14.2. The van der Waals surface area contributed by atoms with Crippen LogP contribution in [0.3, 0.4) is 0 Å². The Bertz CT molecular complexity index is 2010. The predicted molar refractivity (Wildman–Crippen MR) is 167 cm³/mol. The highest BCUT2D eigenvalue weighted by Gasteiger charge is 2.20. The second-order valence-corrected chi connectivity index (χ2v) is 9.98. The molecule has 1 N–H and O–H groups in total. The van der Waals surface area contributed by atoms with Crippen LogP contribution in [0, 0.1) is 11.6 Å². The SMILES string of the molecule is CCCOCCn1cc(C(=O)Nc2ccc(Oc3ccnc4cc(OC)c(OC)cc34)c(F)c2)c(=O)n(-c2ccc(F)cc2)c1=O. The number of methoxy groups -OCH3 is 2. The van der Waals surface area contributed by atoms with Crippen molar-refractivity contribution in [3.05, 3.63) is 111 Å². The lowest BCUT2D eigenvalue weighted by molar-refractivity contribution is 0.102. The van der Waals surface area contributed by atoms with E-state index in [1.807, 2.05) is 6.92 Å². The fraction of sp³-hybridized carbons (Fsp3) is 0.212. The van der Waals surface area contributed by atoms with Crippen LogP contribution in [0.5, 0.6) is 23.0 Å². The van der Waals surface area contributed by atoms with Crippen molar-refractivity contribution in [2.24, 2.45) is 0 Å². The van der Waals surface area contributed by atoms with Crippen molar-refractivity contribution in [2.45, 2.75) is 19.9 Å². The maximum Gasteiger partial charge on any atom is 0.335 e. The minimum absolute atomic E-state index is 0.0256. The molecule has 238 valence electrons. The van der Waals surface area contributed by atoms with Crippen molar-refractivity contribution in [2.75, 3.05) is 32.8 Å². The monoisotopic (exact) mass is 632 g/mol. The molecule has 0 spiro atoms. The zero-order valence-corrected chi connectivity index (χ0v) is 25.2. The van der Waals surface area contributed by atoms with Crippen molar-refractivity contribution >= 4 is 22.5 Å². The molecule has 3 aromatic carbocycles. The van der Waals surface area contributed by atoms with Gasteiger partial charge in [-0.15, -0.1) is 0 Å². The van der Waals surface area contributed by atoms with Crippen molar-refractivity contribution < 1.29 is 32.5 Å². The molecule has 0 saturated carbocycles. The van der Waals surface area contributed by atoms with Gasteiger partial charge in [0.15, 0.2) is 23.1 Å². The Morgan fingerprint density at radius 2 is 1.63 bits per heavy atom. The molecule has 13 heteroatoms. The number of benzene rings is 3. The van der Waals surface area contributed by atoms with E-state index in [4.69, 9.17) is 18.9 Å². The second kappa shape index (κ2) is 14.0. The first kappa shape index (κ1) is 31.9. The summed E-state index contributed by atoms with van der Waals surface area (Å²) in [4.78, 5) is 44.3. The van der Waals surface area contributed by atoms with Crippen LogP contribution in [0.4, 0.5) is 14.5 Å². The molecule has 0 aliphatic rings. The van der Waals surface area contributed by atoms with Crippen LogP contribution >= 0.6 is 0 Å². The zero-order chi connectivity index (χ0) is 32.8. The molecule has 11 nitrogen and oxygen atoms in total. The Labute approximate surface area is 261 Å². The molecule has 5 rings (SSSR count). The fourth-order valence-electron chi connectivity index (χ4n) is 4.66. The van der Waals surface area contributed by atoms with Crippen molar-refractivity contribution in [3.63, 3.8) is 0 Å². The van der Waals surface area contributed by atoms with Crippen LogP contribution in [0.1, 0.15) is 23.7 Å². The van der Waals surface area contributed by atoms with Gasteiger partial charge >= 0.3 is 5.69 Å². The molecule has 0 fully saturated rings. The number of carbonyl (C=O) groups is 1. The van der Waals surface area contributed by atoms with E-state index in [0.29, 0.717) is 34.8 Å². The minimum Gasteiger partial charge on any atom is -0.493 e. The van der Waals surface area contributed by atoms with Gasteiger partial charge in [-0.1, -0.05) is 6.92 Å². The van der Waals surface area contributed by atoms with Gasteiger partial charge in [0, 0.05) is 42.2 Å². The molecule has 0 aliphatic carbocycles. The van der Waals surface area contributed by atoms with Crippen LogP contribution in [0.25, 0.3) is 16.6 Å². The summed E-state index contributed by atoms with van der Waals surface area (Å²) in [7, 11) is 2.99. The maximum atomic E-state index is 15.3. The van der Waals surface area contributed by atoms with Gasteiger partial charge < -0.3 is 24.3 Å². The van der Waals surface area contributed by atoms with Gasteiger partial charge in [0.2, 0.25) is 0 Å². The summed E-state index contributed by atoms with van der Waals surface area (Å²) >= 11 is 0. The fourth-order valence-corrected chi connectivity index (χ4v) is 4.66. The van der Waals surface area contributed by atoms with E-state index in [2.05, 4.69) is 10.3 Å². The van der Waals surface area contributed by atoms with Gasteiger partial charge in [-0.3, -0.25) is 19.1 Å². The summed E-state index contributed by atoms with van der Waals surface area (Å²) in [5, 5.41) is 3.05. The number of fused-ring (bicyclic) bond motifs is 1. The molecule has 2 heterocycles. The smallest absolute Gasteiger partial charge is 0.335 e. The molecule has 0 unspecified atom stereocenters. The summed E-state index contributed by atoms with van der Waals surface area (Å²) < 4.78 is 52.8. The molecular formula is C33H30F2N4O7. The number of carbonyl (C=O) groups excluding carboxylic acids is 1. The number of hydrogen-bond donors (Lipinski definition) is 1. The number of nitrogens with zero attached hydrogens (tertiary/aromatic N) is 3. The summed E-state index contributed by atoms with van der Waals surface area (Å²) in [6.07, 6.45) is 3.40. The molecular weight excluding hydrogens is 602 g/mol. The molecule has 0 atom stereocenters. The first-order chi connectivity index (χ1) is 22.2. The third kappa shape index (κ3) is 6.74. The predicted octanol–water partition coefficient (Wildman–Crippen LogP) is 5.31. The quantitative estimate of drug-likeness (QED) is 0.184. The average molecular weight is 633 g/mol. The van der Waals surface area contributed by atoms with Crippen molar-refractivity contribution in [3.8, 4) is 28.7 Å². The Morgan fingerprint density at radius 3 is 2.33 bits per heavy atom. The van der Waals surface area contributed by atoms with Crippen molar-refractivity contribution in [1.82, 2.24) is 14.1 Å². The average Bonchev–Trinajstić information content (AvgIpc) is 3.05. The lowest BCUT2D eigenvalue weighted by Crippen LogP contribution is -2.42. The number of aromatic nitrogens is 3. The molecule has 5 aromatic rings. The highest BCUT2D eigenvalue weighted by atomic mass is 19.1. The molecule has 2 aromatic heterocycles. The number of nitrogens with one attached hydrogen (secondary N) is 1. The van der Waals surface area contributed by atoms with Crippen molar-refractivity contribution in [1.29, 1.82) is 0 Å². The number of ether oxygens (including phenoxy) is 4. The molecule has 46 heavy (non-hydrogen) atoms. The number of rotatable bonds is 12. The third-order valence-electron chi connectivity index (χ3n) is 6.93. The number of hydrogen-bond acceptors (Lipinski definition) is 8. The van der Waals surface area contributed by atoms with Gasteiger partial charge in [-0.05, 0) is 55.0 Å². The van der Waals surface area contributed by atoms with Gasteiger partial charge in [-0.25, -0.2) is 18.1 Å². The number of halogens is 2. The molecule has 0 bridgehead atoms. The van der Waals surface area contributed by atoms with Crippen LogP contribution in [-0.4, -0.2) is 47.5 Å². The Hall–Kier alpha value is -5.56. The number of anilines is 1. The van der Waals surface area contributed by atoms with Gasteiger partial charge in [0.25, 0.3) is 11.5 Å². The summed E-state index contributed by atoms with van der Waals surface area (Å²) in [6.45, 7) is 2.59. The maximum absolute atomic E-state index is 15.3. The minimum atomic E-state index is -0.933. The Morgan fingerprint density at radius 1 is 0.891 bits per heavy atom. The second-order valence-electron chi connectivity index (χ2n) is 9.98. The standard InChI is InChI=1S/C33H30F2N4O7/c1-4-14-45-15-13-38-19-24(32(41)39(33(38)42)22-8-5-20(34)6-9-22)31(40)37-21-7-10-28(25(35)16-21)46-27-11-12-36-26-18-30(44-3)29(43-2)17-23(26)27/h5-12,16-19H,4,13-15H2,1-3H3,(H,37,40). The van der Waals surface area contributed by atoms with Crippen LogP contribution in [0.15, 0.2) is 82.6 Å². The summed E-state index contributed by atoms with van der Waals surface area (Å²) in [5.74, 6) is -1.19. The van der Waals surface area contributed by atoms with Gasteiger partial charge in [0.05, 0.1) is 38.6 Å². The van der Waals surface area contributed by atoms with E-state index in [1.54, 1.807) is 18.2 Å². The van der Waals surface area contributed by atoms with Crippen LogP contribution in [0.2, 0.25) is 0 Å². The highest BCUT2D eigenvalue weighted by Crippen LogP contribution is 2.37. The topological polar surface area (TPSA) is 123 Å². The van der Waals surface area contributed by atoms with E-state index in [1.165, 1.54) is 44.7 Å². The summed E-state index contributed by atoms with van der Waals surface area (Å²) in [5.41, 5.74) is -1.44. The van der Waals surface area contributed by atoms with Gasteiger partial charge in [0.1, 0.15) is 17.1 Å². The Kier molecular flexibility index (Phi) is 9.72. The van der Waals surface area contributed by atoms with E-state index in [0.717, 1.165) is 40.0 Å². The van der Waals surface area contributed by atoms with Crippen LogP contribution in [-0.2, 0) is 11.3 Å². The molecule has 0 aliphatic heterocycles. The molecule has 0 radical (unpaired) electrons. The van der Waals surface area contributed by atoms with E-state index in [9.17, 15) is 18.8 Å². The van der Waals surface area contributed by atoms with E-state index < -0.39 is 34.4 Å². The van der Waals surface area contributed by atoms with E-state index >= 15 is 4.39 Å². The molecule has 0 saturated heterocycles. The van der Waals surface area contributed by atoms with Crippen LogP contribution < -0.4 is 30.8 Å². The summed E-state index contributed by atoms with van der Waals surface area (Å²) in [6, 6.07) is 13.4. The number of amides is 1. The lowest BCUT2D eigenvalue weighted by atomic mass is 10.1. The molecule has 1 amide bonds. The number of pyridine rings is 1. The van der Waals surface area contributed by atoms with Gasteiger partial charge in [-0.2, -0.15) is 0 Å². The lowest BCUT2D eigenvalue weighted by Gasteiger charge is -2.14. The zero-order valence-electron chi connectivity index (χ0n) is 25.2. The normalized spacial score (nSPS) is 11.0. The largest absolute Gasteiger partial charge is 0.493 e. The Balaban J connectivity index is 1.43. The third-order valence-corrected chi connectivity index (χ3v) is 6.93. The van der Waals surface area contributed by atoms with E-state index in [-0.39, 0.29) is 30.3 Å².